The number of hydrogen-bond acceptors (Lipinski definition) is 6. The van der Waals surface area contributed by atoms with Crippen molar-refractivity contribution in [3.05, 3.63) is 23.8 Å². The minimum atomic E-state index is -1.20. The van der Waals surface area contributed by atoms with Crippen LogP contribution in [-0.4, -0.2) is 52.5 Å². The predicted octanol–water partition coefficient (Wildman–Crippen LogP) is 3.50. The van der Waals surface area contributed by atoms with Crippen molar-refractivity contribution in [1.29, 1.82) is 0 Å². The quantitative estimate of drug-likeness (QED) is 0.614. The number of allylic oxidation sites excluding steroid dienone is 4. The first-order chi connectivity index (χ1) is 16.2. The number of rotatable bonds is 3. The van der Waals surface area contributed by atoms with Crippen molar-refractivity contribution < 1.29 is 29.3 Å². The van der Waals surface area contributed by atoms with Gasteiger partial charge in [0, 0.05) is 29.1 Å². The maximum atomic E-state index is 13.5. The molecule has 0 aromatic carbocycles. The van der Waals surface area contributed by atoms with Gasteiger partial charge in [0.15, 0.2) is 23.5 Å². The first-order valence-corrected chi connectivity index (χ1v) is 13.3. The van der Waals surface area contributed by atoms with E-state index in [4.69, 9.17) is 9.47 Å². The second-order valence-electron chi connectivity index (χ2n) is 12.3. The maximum absolute atomic E-state index is 13.5. The molecule has 0 spiro atoms. The van der Waals surface area contributed by atoms with Gasteiger partial charge in [-0.15, -0.1) is 0 Å². The van der Waals surface area contributed by atoms with Crippen LogP contribution < -0.4 is 0 Å². The van der Waals surface area contributed by atoms with Crippen LogP contribution in [-0.2, 0) is 19.1 Å². The van der Waals surface area contributed by atoms with E-state index in [0.29, 0.717) is 19.3 Å². The average Bonchev–Trinajstić information content (AvgIpc) is 3.32. The Morgan fingerprint density at radius 1 is 1.21 bits per heavy atom. The second-order valence-corrected chi connectivity index (χ2v) is 12.3. The summed E-state index contributed by atoms with van der Waals surface area (Å²) < 4.78 is 13.3. The monoisotopic (exact) mass is 470 g/mol. The molecule has 4 fully saturated rings. The standard InChI is InChI=1S/C28H38O6/c1-26-11-10-18(30)12-17(26)8-9-19-20-13-23-28(22(32)15-29,27(20,2)14-21(31)24(19)26)34-25(33-23)16-6-4-3-5-7-16/h8,10-11,16,19-21,23-25,29,31H,3-7,9,12-15H2,1-2H3/t19?,20?,21-,23+,24?,25+,26-,27-,28+/m0/s1. The molecule has 0 aromatic rings. The lowest BCUT2D eigenvalue weighted by Crippen LogP contribution is -2.63. The van der Waals surface area contributed by atoms with Crippen LogP contribution in [0.3, 0.4) is 0 Å². The fraction of sp³-hybridized carbons (Fsp3) is 0.786. The second kappa shape index (κ2) is 7.83. The third-order valence-electron chi connectivity index (χ3n) is 10.8. The minimum Gasteiger partial charge on any atom is -0.393 e. The van der Waals surface area contributed by atoms with E-state index in [-0.39, 0.29) is 46.8 Å². The molecule has 5 aliphatic carbocycles. The number of hydrogen-bond donors (Lipinski definition) is 2. The first kappa shape index (κ1) is 23.1. The fourth-order valence-electron chi connectivity index (χ4n) is 9.24. The number of carbonyl (C=O) groups excluding carboxylic acids is 2. The molecule has 1 heterocycles. The molecule has 9 atom stereocenters. The lowest BCUT2D eigenvalue weighted by atomic mass is 9.47. The van der Waals surface area contributed by atoms with Gasteiger partial charge in [0.2, 0.25) is 0 Å². The number of aliphatic hydroxyl groups is 2. The van der Waals surface area contributed by atoms with Gasteiger partial charge in [0.05, 0.1) is 12.2 Å². The van der Waals surface area contributed by atoms with E-state index in [1.807, 2.05) is 6.08 Å². The maximum Gasteiger partial charge on any atom is 0.193 e. The van der Waals surface area contributed by atoms with E-state index in [2.05, 4.69) is 19.9 Å². The molecule has 6 nitrogen and oxygen atoms in total. The highest BCUT2D eigenvalue weighted by atomic mass is 16.7. The number of fused-ring (bicyclic) bond motifs is 7. The Bertz CT molecular complexity index is 949. The molecule has 6 aliphatic rings. The molecule has 0 amide bonds. The summed E-state index contributed by atoms with van der Waals surface area (Å²) >= 11 is 0. The molecule has 6 heteroatoms. The van der Waals surface area contributed by atoms with E-state index in [9.17, 15) is 19.8 Å². The highest BCUT2D eigenvalue weighted by Gasteiger charge is 2.75. The summed E-state index contributed by atoms with van der Waals surface area (Å²) in [5, 5.41) is 21.7. The van der Waals surface area contributed by atoms with Gasteiger partial charge >= 0.3 is 0 Å². The van der Waals surface area contributed by atoms with Crippen LogP contribution in [0.25, 0.3) is 0 Å². The third kappa shape index (κ3) is 2.89. The third-order valence-corrected chi connectivity index (χ3v) is 10.8. The molecular formula is C28H38O6. The van der Waals surface area contributed by atoms with Crippen molar-refractivity contribution in [2.75, 3.05) is 6.61 Å². The van der Waals surface area contributed by atoms with Crippen LogP contribution in [0.5, 0.6) is 0 Å². The lowest BCUT2D eigenvalue weighted by Gasteiger charge is -2.59. The van der Waals surface area contributed by atoms with Crippen molar-refractivity contribution in [2.45, 2.75) is 95.7 Å². The molecule has 2 N–H and O–H groups in total. The van der Waals surface area contributed by atoms with Gasteiger partial charge in [-0.1, -0.05) is 50.8 Å². The van der Waals surface area contributed by atoms with Gasteiger partial charge in [-0.25, -0.2) is 0 Å². The summed E-state index contributed by atoms with van der Waals surface area (Å²) in [6.07, 6.45) is 12.5. The van der Waals surface area contributed by atoms with Crippen LogP contribution in [0.1, 0.15) is 71.6 Å². The number of carbonyl (C=O) groups is 2. The highest BCUT2D eigenvalue weighted by molar-refractivity contribution is 5.93. The number of ketones is 2. The zero-order valence-electron chi connectivity index (χ0n) is 20.4. The molecule has 1 aliphatic heterocycles. The summed E-state index contributed by atoms with van der Waals surface area (Å²) in [5.41, 5.74) is -1.05. The molecule has 6 rings (SSSR count). The molecule has 3 unspecified atom stereocenters. The number of Topliss-reactive ketones (excluding diaryl/α,β-unsaturated/α-hetero) is 1. The Morgan fingerprint density at radius 2 is 1.97 bits per heavy atom. The number of aliphatic hydroxyl groups excluding tert-OH is 2. The van der Waals surface area contributed by atoms with E-state index >= 15 is 0 Å². The fourth-order valence-corrected chi connectivity index (χ4v) is 9.24. The van der Waals surface area contributed by atoms with Crippen molar-refractivity contribution in [2.24, 2.45) is 34.5 Å². The zero-order valence-corrected chi connectivity index (χ0v) is 20.4. The van der Waals surface area contributed by atoms with E-state index in [1.54, 1.807) is 6.08 Å². The van der Waals surface area contributed by atoms with Crippen LogP contribution in [0, 0.1) is 34.5 Å². The summed E-state index contributed by atoms with van der Waals surface area (Å²) in [5.74, 6) is 0.395. The molecule has 186 valence electrons. The summed E-state index contributed by atoms with van der Waals surface area (Å²) in [6.45, 7) is 3.68. The van der Waals surface area contributed by atoms with Crippen molar-refractivity contribution in [3.63, 3.8) is 0 Å². The lowest BCUT2D eigenvalue weighted by molar-refractivity contribution is -0.207. The molecule has 34 heavy (non-hydrogen) atoms. The molecule has 0 bridgehead atoms. The Kier molecular flexibility index (Phi) is 5.31. The van der Waals surface area contributed by atoms with Crippen LogP contribution in [0.2, 0.25) is 0 Å². The smallest absolute Gasteiger partial charge is 0.193 e. The molecule has 3 saturated carbocycles. The van der Waals surface area contributed by atoms with E-state index in [0.717, 1.165) is 37.7 Å². The van der Waals surface area contributed by atoms with Gasteiger partial charge in [-0.2, -0.15) is 0 Å². The number of ether oxygens (including phenoxy) is 2. The predicted molar refractivity (Wildman–Crippen MR) is 125 cm³/mol. The topological polar surface area (TPSA) is 93.1 Å². The Morgan fingerprint density at radius 3 is 2.71 bits per heavy atom. The minimum absolute atomic E-state index is 0.0100. The summed E-state index contributed by atoms with van der Waals surface area (Å²) in [7, 11) is 0. The molecule has 0 radical (unpaired) electrons. The van der Waals surface area contributed by atoms with Crippen LogP contribution >= 0.6 is 0 Å². The largest absolute Gasteiger partial charge is 0.393 e. The van der Waals surface area contributed by atoms with Crippen molar-refractivity contribution >= 4 is 11.6 Å². The average molecular weight is 471 g/mol. The summed E-state index contributed by atoms with van der Waals surface area (Å²) in [4.78, 5) is 25.6. The normalized spacial score (nSPS) is 50.2. The Balaban J connectivity index is 1.38. The van der Waals surface area contributed by atoms with Crippen LogP contribution in [0.15, 0.2) is 23.8 Å². The summed E-state index contributed by atoms with van der Waals surface area (Å²) in [6, 6.07) is 0. The van der Waals surface area contributed by atoms with Crippen molar-refractivity contribution in [1.82, 2.24) is 0 Å². The van der Waals surface area contributed by atoms with Crippen LogP contribution in [0.4, 0.5) is 0 Å². The first-order valence-electron chi connectivity index (χ1n) is 13.3. The van der Waals surface area contributed by atoms with Gasteiger partial charge in [-0.05, 0) is 50.0 Å². The van der Waals surface area contributed by atoms with E-state index in [1.165, 1.54) is 6.42 Å². The zero-order chi connectivity index (χ0) is 23.9. The van der Waals surface area contributed by atoms with Gasteiger partial charge in [0.25, 0.3) is 0 Å². The SMILES string of the molecule is C[C@]12C=CC(=O)CC1=CCC1C2[C@@H](O)C[C@@]2(C)C1C[C@H]1O[C@@H](C3CCCCC3)O[C@]12C(=O)CO. The van der Waals surface area contributed by atoms with Gasteiger partial charge < -0.3 is 19.7 Å². The molecular weight excluding hydrogens is 432 g/mol. The molecule has 0 aromatic heterocycles. The van der Waals surface area contributed by atoms with E-state index < -0.39 is 30.0 Å². The van der Waals surface area contributed by atoms with Crippen molar-refractivity contribution in [3.8, 4) is 0 Å². The van der Waals surface area contributed by atoms with Gasteiger partial charge in [-0.3, -0.25) is 9.59 Å². The highest BCUT2D eigenvalue weighted by Crippen LogP contribution is 2.69. The Hall–Kier alpha value is -1.34. The van der Waals surface area contributed by atoms with Gasteiger partial charge in [0.1, 0.15) is 6.61 Å². The molecule has 1 saturated heterocycles. The Labute approximate surface area is 201 Å².